The summed E-state index contributed by atoms with van der Waals surface area (Å²) in [4.78, 5) is 31.5. The highest BCUT2D eigenvalue weighted by molar-refractivity contribution is 8.01. The maximum Gasteiger partial charge on any atom is 0.248 e. The highest BCUT2D eigenvalue weighted by atomic mass is 32.2. The number of benzene rings is 2. The monoisotopic (exact) mass is 411 g/mol. The van der Waals surface area contributed by atoms with Crippen molar-refractivity contribution < 1.29 is 9.53 Å². The lowest BCUT2D eigenvalue weighted by atomic mass is 10.1. The number of thiazole rings is 1. The Kier molecular flexibility index (Phi) is 5.43. The summed E-state index contributed by atoms with van der Waals surface area (Å²) in [6.45, 7) is 0.352. The molecule has 0 unspecified atom stereocenters. The molecule has 4 aromatic rings. The molecule has 6 nitrogen and oxygen atoms in total. The van der Waals surface area contributed by atoms with E-state index in [0.29, 0.717) is 17.8 Å². The number of hydrogen-bond donors (Lipinski definition) is 2. The minimum atomic E-state index is -0.200. The summed E-state index contributed by atoms with van der Waals surface area (Å²) in [5, 5.41) is 3.76. The number of pyridine rings is 1. The molecule has 0 saturated heterocycles. The number of carbonyl (C=O) groups excluding carboxylic acids is 1. The minimum Gasteiger partial charge on any atom is -0.380 e. The Morgan fingerprint density at radius 2 is 2.11 bits per heavy atom. The van der Waals surface area contributed by atoms with Crippen LogP contribution in [0.25, 0.3) is 21.1 Å². The number of hydrogen-bond acceptors (Lipinski definition) is 6. The summed E-state index contributed by atoms with van der Waals surface area (Å²) < 4.78 is 7.12. The molecule has 2 N–H and O–H groups in total. The van der Waals surface area contributed by atoms with Crippen molar-refractivity contribution in [3.8, 4) is 0 Å². The van der Waals surface area contributed by atoms with Crippen molar-refractivity contribution in [1.82, 2.24) is 9.97 Å². The van der Waals surface area contributed by atoms with Crippen LogP contribution in [0.4, 0.5) is 5.69 Å². The molecular weight excluding hydrogens is 394 g/mol. The highest BCUT2D eigenvalue weighted by Crippen LogP contribution is 2.29. The van der Waals surface area contributed by atoms with E-state index in [1.165, 1.54) is 17.8 Å². The standard InChI is InChI=1S/C20H17N3O3S2/c1-26-10-12-8-18(24)22-16-9-13(6-7-14(12)16)21-19(25)11-27-20-23-15-4-2-3-5-17(15)28-20/h2-9H,10-11H2,1H3,(H,21,25)(H,22,24). The predicted molar refractivity (Wildman–Crippen MR) is 114 cm³/mol. The van der Waals surface area contributed by atoms with Crippen LogP contribution < -0.4 is 10.9 Å². The smallest absolute Gasteiger partial charge is 0.248 e. The zero-order valence-corrected chi connectivity index (χ0v) is 16.7. The SMILES string of the molecule is COCc1cc(=O)[nH]c2cc(NC(=O)CSc3nc4ccccc4s3)ccc12. The number of ether oxygens (including phenoxy) is 1. The number of aromatic amines is 1. The number of nitrogens with zero attached hydrogens (tertiary/aromatic N) is 1. The van der Waals surface area contributed by atoms with Gasteiger partial charge in [0, 0.05) is 24.2 Å². The van der Waals surface area contributed by atoms with Gasteiger partial charge in [0.25, 0.3) is 0 Å². The molecule has 2 aromatic carbocycles. The van der Waals surface area contributed by atoms with Gasteiger partial charge in [0.2, 0.25) is 11.5 Å². The summed E-state index contributed by atoms with van der Waals surface area (Å²) in [6, 6.07) is 14.9. The highest BCUT2D eigenvalue weighted by Gasteiger charge is 2.09. The number of carbonyl (C=O) groups is 1. The van der Waals surface area contributed by atoms with E-state index < -0.39 is 0 Å². The Morgan fingerprint density at radius 1 is 1.25 bits per heavy atom. The van der Waals surface area contributed by atoms with E-state index in [0.717, 1.165) is 25.5 Å². The van der Waals surface area contributed by atoms with Gasteiger partial charge in [0.15, 0.2) is 4.34 Å². The number of anilines is 1. The zero-order valence-electron chi connectivity index (χ0n) is 15.0. The summed E-state index contributed by atoms with van der Waals surface area (Å²) in [5.74, 6) is 0.136. The van der Waals surface area contributed by atoms with Crippen LogP contribution in [0.5, 0.6) is 0 Å². The van der Waals surface area contributed by atoms with E-state index in [1.54, 1.807) is 24.5 Å². The molecule has 0 spiro atoms. The van der Waals surface area contributed by atoms with Crippen molar-refractivity contribution in [3.05, 3.63) is 64.4 Å². The number of fused-ring (bicyclic) bond motifs is 2. The predicted octanol–water partition coefficient (Wildman–Crippen LogP) is 4.02. The van der Waals surface area contributed by atoms with Gasteiger partial charge in [-0.15, -0.1) is 11.3 Å². The van der Waals surface area contributed by atoms with Crippen molar-refractivity contribution in [1.29, 1.82) is 0 Å². The summed E-state index contributed by atoms with van der Waals surface area (Å²) >= 11 is 2.99. The van der Waals surface area contributed by atoms with Crippen LogP contribution >= 0.6 is 23.1 Å². The fraction of sp³-hybridized carbons (Fsp3) is 0.150. The molecule has 28 heavy (non-hydrogen) atoms. The number of thioether (sulfide) groups is 1. The average molecular weight is 412 g/mol. The number of nitrogens with one attached hydrogen (secondary N) is 2. The second kappa shape index (κ2) is 8.14. The Bertz CT molecular complexity index is 1180. The van der Waals surface area contributed by atoms with Gasteiger partial charge in [-0.25, -0.2) is 4.98 Å². The molecule has 0 radical (unpaired) electrons. The van der Waals surface area contributed by atoms with E-state index in [-0.39, 0.29) is 17.2 Å². The van der Waals surface area contributed by atoms with E-state index in [9.17, 15) is 9.59 Å². The fourth-order valence-electron chi connectivity index (χ4n) is 2.92. The van der Waals surface area contributed by atoms with Crippen LogP contribution in [0.1, 0.15) is 5.56 Å². The first-order valence-electron chi connectivity index (χ1n) is 8.55. The lowest BCUT2D eigenvalue weighted by molar-refractivity contribution is -0.113. The van der Waals surface area contributed by atoms with Gasteiger partial charge in [-0.05, 0) is 29.8 Å². The fourth-order valence-corrected chi connectivity index (χ4v) is 4.79. The van der Waals surface area contributed by atoms with Gasteiger partial charge >= 0.3 is 0 Å². The van der Waals surface area contributed by atoms with Crippen molar-refractivity contribution in [2.75, 3.05) is 18.2 Å². The van der Waals surface area contributed by atoms with Crippen molar-refractivity contribution in [2.24, 2.45) is 0 Å². The molecule has 2 aromatic heterocycles. The second-order valence-corrected chi connectivity index (χ2v) is 8.39. The van der Waals surface area contributed by atoms with Crippen LogP contribution in [-0.2, 0) is 16.1 Å². The lowest BCUT2D eigenvalue weighted by Gasteiger charge is -2.09. The van der Waals surface area contributed by atoms with Gasteiger partial charge in [0.1, 0.15) is 0 Å². The third-order valence-corrected chi connectivity index (χ3v) is 6.29. The lowest BCUT2D eigenvalue weighted by Crippen LogP contribution is -2.14. The van der Waals surface area contributed by atoms with Gasteiger partial charge in [-0.1, -0.05) is 30.0 Å². The number of methoxy groups -OCH3 is 1. The third-order valence-electron chi connectivity index (χ3n) is 4.11. The van der Waals surface area contributed by atoms with E-state index >= 15 is 0 Å². The van der Waals surface area contributed by atoms with E-state index in [2.05, 4.69) is 15.3 Å². The molecule has 0 bridgehead atoms. The Morgan fingerprint density at radius 3 is 2.93 bits per heavy atom. The van der Waals surface area contributed by atoms with Gasteiger partial charge < -0.3 is 15.0 Å². The first kappa shape index (κ1) is 18.7. The minimum absolute atomic E-state index is 0.126. The van der Waals surface area contributed by atoms with Gasteiger partial charge in [-0.2, -0.15) is 0 Å². The molecule has 0 saturated carbocycles. The topological polar surface area (TPSA) is 84.1 Å². The summed E-state index contributed by atoms with van der Waals surface area (Å²) in [5.41, 5.74) is 2.85. The summed E-state index contributed by atoms with van der Waals surface area (Å²) in [7, 11) is 1.59. The van der Waals surface area contributed by atoms with Crippen LogP contribution in [0.2, 0.25) is 0 Å². The molecule has 1 amide bonds. The Labute approximate surface area is 169 Å². The largest absolute Gasteiger partial charge is 0.380 e. The van der Waals surface area contributed by atoms with Crippen molar-refractivity contribution in [2.45, 2.75) is 10.9 Å². The number of rotatable bonds is 6. The molecule has 0 atom stereocenters. The molecule has 142 valence electrons. The van der Waals surface area contributed by atoms with Crippen LogP contribution in [0, 0.1) is 0 Å². The van der Waals surface area contributed by atoms with Crippen LogP contribution in [-0.4, -0.2) is 28.7 Å². The quantitative estimate of drug-likeness (QED) is 0.468. The normalized spacial score (nSPS) is 11.2. The number of amides is 1. The molecule has 0 aliphatic heterocycles. The van der Waals surface area contributed by atoms with Crippen molar-refractivity contribution >= 4 is 55.8 Å². The van der Waals surface area contributed by atoms with Crippen LogP contribution in [0.3, 0.4) is 0 Å². The molecular formula is C20H17N3O3S2. The first-order valence-corrected chi connectivity index (χ1v) is 10.4. The molecule has 4 rings (SSSR count). The molecule has 8 heteroatoms. The number of aromatic nitrogens is 2. The van der Waals surface area contributed by atoms with Gasteiger partial charge in [-0.3, -0.25) is 9.59 Å². The first-order chi connectivity index (χ1) is 13.6. The second-order valence-electron chi connectivity index (χ2n) is 6.14. The molecule has 0 aliphatic carbocycles. The molecule has 2 heterocycles. The molecule has 0 fully saturated rings. The number of para-hydroxylation sites is 1. The van der Waals surface area contributed by atoms with Crippen LogP contribution in [0.15, 0.2) is 57.7 Å². The maximum atomic E-state index is 12.3. The zero-order chi connectivity index (χ0) is 19.5. The maximum absolute atomic E-state index is 12.3. The third kappa shape index (κ3) is 4.09. The molecule has 0 aliphatic rings. The van der Waals surface area contributed by atoms with Gasteiger partial charge in [0.05, 0.1) is 28.1 Å². The van der Waals surface area contributed by atoms with E-state index in [1.807, 2.05) is 36.4 Å². The Balaban J connectivity index is 1.46. The average Bonchev–Trinajstić information content (AvgIpc) is 3.09. The van der Waals surface area contributed by atoms with Crippen molar-refractivity contribution in [3.63, 3.8) is 0 Å². The number of H-pyrrole nitrogens is 1. The summed E-state index contributed by atoms with van der Waals surface area (Å²) in [6.07, 6.45) is 0. The van der Waals surface area contributed by atoms with E-state index in [4.69, 9.17) is 4.74 Å². The Hall–Kier alpha value is -2.68.